The van der Waals surface area contributed by atoms with E-state index in [1.165, 1.54) is 18.2 Å². The van der Waals surface area contributed by atoms with Crippen molar-refractivity contribution in [2.24, 2.45) is 0 Å². The van der Waals surface area contributed by atoms with Crippen LogP contribution in [0.2, 0.25) is 0 Å². The highest BCUT2D eigenvalue weighted by atomic mass is 19.4. The summed E-state index contributed by atoms with van der Waals surface area (Å²) in [7, 11) is 0. The minimum absolute atomic E-state index is 0.272. The van der Waals surface area contributed by atoms with E-state index in [-0.39, 0.29) is 12.3 Å². The van der Waals surface area contributed by atoms with Crippen molar-refractivity contribution < 1.29 is 27.8 Å². The number of amides is 1. The molecule has 0 spiro atoms. The van der Waals surface area contributed by atoms with Gasteiger partial charge in [0, 0.05) is 13.0 Å². The topological polar surface area (TPSA) is 49.8 Å². The van der Waals surface area contributed by atoms with Gasteiger partial charge in [-0.2, -0.15) is 13.2 Å². The van der Waals surface area contributed by atoms with Crippen LogP contribution in [-0.2, 0) is 6.18 Å². The lowest BCUT2D eigenvalue weighted by molar-refractivity contribution is -0.140. The molecule has 1 saturated heterocycles. The molecule has 0 aromatic heterocycles. The van der Waals surface area contributed by atoms with Gasteiger partial charge in [0.2, 0.25) is 0 Å². The number of nitrogens with zero attached hydrogens (tertiary/aromatic N) is 1. The number of likely N-dealkylation sites (tertiary alicyclic amines) is 1. The number of piperidine rings is 1. The van der Waals surface area contributed by atoms with Crippen LogP contribution in [0.25, 0.3) is 0 Å². The van der Waals surface area contributed by atoms with E-state index in [0.717, 1.165) is 17.4 Å². The molecule has 0 saturated carbocycles. The van der Waals surface area contributed by atoms with Crippen molar-refractivity contribution in [2.45, 2.75) is 31.7 Å². The van der Waals surface area contributed by atoms with Crippen molar-refractivity contribution >= 4 is 6.09 Å². The van der Waals surface area contributed by atoms with Crippen molar-refractivity contribution in [1.29, 1.82) is 0 Å². The van der Waals surface area contributed by atoms with E-state index >= 15 is 0 Å². The number of hydrogen-bond acceptors (Lipinski definition) is 2. The maximum Gasteiger partial charge on any atom is 0.419 e. The fourth-order valence-electron chi connectivity index (χ4n) is 2.19. The third kappa shape index (κ3) is 3.15. The van der Waals surface area contributed by atoms with E-state index in [9.17, 15) is 18.0 Å². The molecule has 1 N–H and O–H groups in total. The second-order valence-electron chi connectivity index (χ2n) is 4.54. The van der Waals surface area contributed by atoms with E-state index < -0.39 is 24.1 Å². The van der Waals surface area contributed by atoms with Crippen LogP contribution in [0.15, 0.2) is 24.3 Å². The van der Waals surface area contributed by atoms with Gasteiger partial charge in [-0.15, -0.1) is 0 Å². The van der Waals surface area contributed by atoms with Gasteiger partial charge in [0.15, 0.2) is 6.23 Å². The van der Waals surface area contributed by atoms with Gasteiger partial charge in [-0.3, -0.25) is 4.90 Å². The average Bonchev–Trinajstić information content (AvgIpc) is 2.38. The predicted molar refractivity (Wildman–Crippen MR) is 64.4 cm³/mol. The van der Waals surface area contributed by atoms with Crippen LogP contribution in [-0.4, -0.2) is 28.9 Å². The van der Waals surface area contributed by atoms with Gasteiger partial charge in [0.1, 0.15) is 5.75 Å². The van der Waals surface area contributed by atoms with Gasteiger partial charge in [-0.05, 0) is 25.0 Å². The second-order valence-corrected chi connectivity index (χ2v) is 4.54. The first-order chi connectivity index (χ1) is 9.39. The summed E-state index contributed by atoms with van der Waals surface area (Å²) in [5.74, 6) is -0.335. The molecular weight excluding hydrogens is 275 g/mol. The van der Waals surface area contributed by atoms with E-state index in [4.69, 9.17) is 9.84 Å². The lowest BCUT2D eigenvalue weighted by Gasteiger charge is -2.34. The first kappa shape index (κ1) is 14.5. The zero-order valence-corrected chi connectivity index (χ0v) is 10.6. The van der Waals surface area contributed by atoms with Crippen molar-refractivity contribution in [3.05, 3.63) is 29.8 Å². The van der Waals surface area contributed by atoms with Gasteiger partial charge in [0.25, 0.3) is 0 Å². The van der Waals surface area contributed by atoms with E-state index in [1.54, 1.807) is 0 Å². The molecule has 1 amide bonds. The summed E-state index contributed by atoms with van der Waals surface area (Å²) in [4.78, 5) is 12.1. The van der Waals surface area contributed by atoms with Gasteiger partial charge >= 0.3 is 12.3 Å². The maximum atomic E-state index is 12.8. The van der Waals surface area contributed by atoms with Crippen LogP contribution in [0.5, 0.6) is 5.75 Å². The number of rotatable bonds is 2. The summed E-state index contributed by atoms with van der Waals surface area (Å²) in [6.45, 7) is 0.272. The molecule has 1 unspecified atom stereocenters. The lowest BCUT2D eigenvalue weighted by Crippen LogP contribution is -2.46. The van der Waals surface area contributed by atoms with E-state index in [1.807, 2.05) is 0 Å². The summed E-state index contributed by atoms with van der Waals surface area (Å²) < 4.78 is 43.9. The minimum Gasteiger partial charge on any atom is -0.470 e. The number of alkyl halides is 3. The zero-order valence-electron chi connectivity index (χ0n) is 10.6. The fourth-order valence-corrected chi connectivity index (χ4v) is 2.19. The third-order valence-corrected chi connectivity index (χ3v) is 3.15. The van der Waals surface area contributed by atoms with Crippen molar-refractivity contribution in [3.63, 3.8) is 0 Å². The Labute approximate surface area is 113 Å². The Kier molecular flexibility index (Phi) is 4.06. The Morgan fingerprint density at radius 3 is 2.65 bits per heavy atom. The highest BCUT2D eigenvalue weighted by molar-refractivity contribution is 5.65. The molecule has 4 nitrogen and oxygen atoms in total. The van der Waals surface area contributed by atoms with Gasteiger partial charge < -0.3 is 9.84 Å². The number of para-hydroxylation sites is 1. The summed E-state index contributed by atoms with van der Waals surface area (Å²) in [5.41, 5.74) is -0.893. The van der Waals surface area contributed by atoms with Crippen molar-refractivity contribution in [1.82, 2.24) is 4.90 Å². The standard InChI is InChI=1S/C13H14F3NO3/c14-13(15,16)9-5-1-2-6-10(9)20-11-7-3-4-8-17(11)12(18)19/h1-2,5-6,11H,3-4,7-8H2,(H,18,19). The molecule has 0 bridgehead atoms. The molecule has 1 aromatic carbocycles. The fraction of sp³-hybridized carbons (Fsp3) is 0.462. The van der Waals surface area contributed by atoms with Crippen LogP contribution in [0, 0.1) is 0 Å². The van der Waals surface area contributed by atoms with Crippen LogP contribution < -0.4 is 4.74 Å². The molecule has 0 aliphatic carbocycles. The molecule has 110 valence electrons. The monoisotopic (exact) mass is 289 g/mol. The van der Waals surface area contributed by atoms with Crippen molar-refractivity contribution in [3.8, 4) is 5.75 Å². The largest absolute Gasteiger partial charge is 0.470 e. The van der Waals surface area contributed by atoms with Crippen molar-refractivity contribution in [2.75, 3.05) is 6.54 Å². The molecule has 20 heavy (non-hydrogen) atoms. The SMILES string of the molecule is O=C(O)N1CCCCC1Oc1ccccc1C(F)(F)F. The molecule has 0 radical (unpaired) electrons. The number of carboxylic acid groups (broad SMARTS) is 1. The molecule has 1 fully saturated rings. The Morgan fingerprint density at radius 2 is 2.00 bits per heavy atom. The number of ether oxygens (including phenoxy) is 1. The molecule has 1 aromatic rings. The quantitative estimate of drug-likeness (QED) is 0.905. The first-order valence-electron chi connectivity index (χ1n) is 6.22. The van der Waals surface area contributed by atoms with Crippen LogP contribution in [0.1, 0.15) is 24.8 Å². The highest BCUT2D eigenvalue weighted by Crippen LogP contribution is 2.37. The van der Waals surface area contributed by atoms with Crippen LogP contribution in [0.3, 0.4) is 0 Å². The summed E-state index contributed by atoms with van der Waals surface area (Å²) in [6, 6.07) is 4.82. The third-order valence-electron chi connectivity index (χ3n) is 3.15. The highest BCUT2D eigenvalue weighted by Gasteiger charge is 2.36. The Bertz CT molecular complexity index is 490. The predicted octanol–water partition coefficient (Wildman–Crippen LogP) is 3.57. The van der Waals surface area contributed by atoms with E-state index in [0.29, 0.717) is 12.8 Å². The normalized spacial score (nSPS) is 19.8. The molecule has 1 heterocycles. The second kappa shape index (κ2) is 5.60. The number of hydrogen-bond donors (Lipinski definition) is 1. The summed E-state index contributed by atoms with van der Waals surface area (Å²) in [5, 5.41) is 9.04. The molecule has 1 atom stereocenters. The lowest BCUT2D eigenvalue weighted by atomic mass is 10.1. The molecular formula is C13H14F3NO3. The Balaban J connectivity index is 2.23. The van der Waals surface area contributed by atoms with Gasteiger partial charge in [-0.1, -0.05) is 12.1 Å². The minimum atomic E-state index is -4.53. The van der Waals surface area contributed by atoms with Crippen LogP contribution >= 0.6 is 0 Å². The molecule has 1 aliphatic rings. The molecule has 1 aliphatic heterocycles. The van der Waals surface area contributed by atoms with Crippen LogP contribution in [0.4, 0.5) is 18.0 Å². The summed E-state index contributed by atoms with van der Waals surface area (Å²) in [6.07, 6.45) is -4.78. The number of halogens is 3. The summed E-state index contributed by atoms with van der Waals surface area (Å²) >= 11 is 0. The first-order valence-corrected chi connectivity index (χ1v) is 6.22. The number of carbonyl (C=O) groups is 1. The maximum absolute atomic E-state index is 12.8. The zero-order chi connectivity index (χ0) is 14.8. The molecule has 7 heteroatoms. The van der Waals surface area contributed by atoms with Gasteiger partial charge in [-0.25, -0.2) is 4.79 Å². The van der Waals surface area contributed by atoms with Gasteiger partial charge in [0.05, 0.1) is 5.56 Å². The van der Waals surface area contributed by atoms with E-state index in [2.05, 4.69) is 0 Å². The Hall–Kier alpha value is -1.92. The number of benzene rings is 1. The molecule has 2 rings (SSSR count). The Morgan fingerprint density at radius 1 is 1.30 bits per heavy atom. The average molecular weight is 289 g/mol. The smallest absolute Gasteiger partial charge is 0.419 e.